The van der Waals surface area contributed by atoms with Crippen LogP contribution in [0.15, 0.2) is 35.7 Å². The topological polar surface area (TPSA) is 49.6 Å². The first-order valence-corrected chi connectivity index (χ1v) is 9.36. The normalized spacial score (nSPS) is 20.0. The van der Waals surface area contributed by atoms with E-state index < -0.39 is 0 Å². The third kappa shape index (κ3) is 3.53. The van der Waals surface area contributed by atoms with Gasteiger partial charge >= 0.3 is 0 Å². The van der Waals surface area contributed by atoms with Gasteiger partial charge in [0.25, 0.3) is 0 Å². The van der Waals surface area contributed by atoms with Crippen LogP contribution >= 0.6 is 11.8 Å². The van der Waals surface area contributed by atoms with Gasteiger partial charge in [0, 0.05) is 31.4 Å². The van der Waals surface area contributed by atoms with Crippen LogP contribution in [0.25, 0.3) is 5.52 Å². The van der Waals surface area contributed by atoms with Crippen molar-refractivity contribution in [3.8, 4) is 0 Å². The standard InChI is InChI=1S/C17H22N4OS/c22-16(19-13-6-9-20(10-7-13)14-4-5-14)12-23-17-18-11-15-3-1-2-8-21(15)17/h1-3,8,11,13-14H,4-7,9-10,12H2,(H,19,22). The summed E-state index contributed by atoms with van der Waals surface area (Å²) in [6.45, 7) is 2.27. The van der Waals surface area contributed by atoms with Crippen LogP contribution in [-0.2, 0) is 4.79 Å². The molecule has 23 heavy (non-hydrogen) atoms. The summed E-state index contributed by atoms with van der Waals surface area (Å²) < 4.78 is 2.02. The van der Waals surface area contributed by atoms with Crippen LogP contribution in [-0.4, -0.2) is 51.1 Å². The quantitative estimate of drug-likeness (QED) is 0.854. The van der Waals surface area contributed by atoms with Crippen LogP contribution < -0.4 is 5.32 Å². The summed E-state index contributed by atoms with van der Waals surface area (Å²) >= 11 is 1.50. The Morgan fingerprint density at radius 3 is 2.87 bits per heavy atom. The molecule has 0 atom stereocenters. The zero-order valence-corrected chi connectivity index (χ0v) is 14.0. The number of likely N-dealkylation sites (tertiary alicyclic amines) is 1. The number of hydrogen-bond donors (Lipinski definition) is 1. The second-order valence-electron chi connectivity index (χ2n) is 6.43. The van der Waals surface area contributed by atoms with Gasteiger partial charge in [-0.3, -0.25) is 9.20 Å². The molecule has 2 aliphatic rings. The average Bonchev–Trinajstić information content (AvgIpc) is 3.34. The van der Waals surface area contributed by atoms with Crippen LogP contribution in [0.5, 0.6) is 0 Å². The highest BCUT2D eigenvalue weighted by atomic mass is 32.2. The highest BCUT2D eigenvalue weighted by Gasteiger charge is 2.32. The van der Waals surface area contributed by atoms with E-state index in [0.29, 0.717) is 11.8 Å². The maximum absolute atomic E-state index is 12.2. The lowest BCUT2D eigenvalue weighted by Gasteiger charge is -2.32. The van der Waals surface area contributed by atoms with E-state index in [1.165, 1.54) is 24.6 Å². The number of hydrogen-bond acceptors (Lipinski definition) is 4. The third-order valence-electron chi connectivity index (χ3n) is 4.70. The zero-order valence-electron chi connectivity index (χ0n) is 13.1. The number of aromatic nitrogens is 2. The molecule has 0 radical (unpaired) electrons. The molecule has 122 valence electrons. The number of carbonyl (C=O) groups is 1. The summed E-state index contributed by atoms with van der Waals surface area (Å²) in [5, 5.41) is 4.06. The van der Waals surface area contributed by atoms with Crippen molar-refractivity contribution >= 4 is 23.2 Å². The van der Waals surface area contributed by atoms with Gasteiger partial charge in [-0.2, -0.15) is 0 Å². The number of thioether (sulfide) groups is 1. The Morgan fingerprint density at radius 2 is 2.09 bits per heavy atom. The molecule has 0 aromatic carbocycles. The molecule has 4 rings (SSSR count). The van der Waals surface area contributed by atoms with Crippen molar-refractivity contribution in [2.75, 3.05) is 18.8 Å². The smallest absolute Gasteiger partial charge is 0.230 e. The van der Waals surface area contributed by atoms with Gasteiger partial charge in [0.1, 0.15) is 0 Å². The van der Waals surface area contributed by atoms with Crippen molar-refractivity contribution in [1.82, 2.24) is 19.6 Å². The third-order valence-corrected chi connectivity index (χ3v) is 5.66. The lowest BCUT2D eigenvalue weighted by atomic mass is 10.1. The summed E-state index contributed by atoms with van der Waals surface area (Å²) in [6, 6.07) is 7.18. The Kier molecular flexibility index (Phi) is 4.27. The molecule has 5 nitrogen and oxygen atoms in total. The minimum atomic E-state index is 0.118. The molecule has 2 aromatic rings. The van der Waals surface area contributed by atoms with E-state index in [9.17, 15) is 4.79 Å². The first kappa shape index (κ1) is 15.0. The molecule has 0 unspecified atom stereocenters. The monoisotopic (exact) mass is 330 g/mol. The summed E-state index contributed by atoms with van der Waals surface area (Å²) in [4.78, 5) is 19.2. The highest BCUT2D eigenvalue weighted by molar-refractivity contribution is 7.99. The number of piperidine rings is 1. The molecule has 1 saturated heterocycles. The highest BCUT2D eigenvalue weighted by Crippen LogP contribution is 2.29. The lowest BCUT2D eigenvalue weighted by Crippen LogP contribution is -2.45. The molecular formula is C17H22N4OS. The summed E-state index contributed by atoms with van der Waals surface area (Å²) in [6.07, 6.45) is 8.72. The maximum atomic E-state index is 12.2. The van der Waals surface area contributed by atoms with Gasteiger partial charge in [-0.05, 0) is 37.8 Å². The summed E-state index contributed by atoms with van der Waals surface area (Å²) in [7, 11) is 0. The fourth-order valence-electron chi connectivity index (χ4n) is 3.27. The van der Waals surface area contributed by atoms with E-state index in [4.69, 9.17) is 0 Å². The van der Waals surface area contributed by atoms with Crippen molar-refractivity contribution in [3.05, 3.63) is 30.6 Å². The number of carbonyl (C=O) groups excluding carboxylic acids is 1. The van der Waals surface area contributed by atoms with Crippen LogP contribution in [0, 0.1) is 0 Å². The molecule has 2 fully saturated rings. The number of amides is 1. The molecule has 2 aromatic heterocycles. The molecule has 0 bridgehead atoms. The second kappa shape index (κ2) is 6.53. The van der Waals surface area contributed by atoms with E-state index in [0.717, 1.165) is 42.6 Å². The SMILES string of the molecule is O=C(CSc1ncc2ccccn12)NC1CCN(C2CC2)CC1. The minimum Gasteiger partial charge on any atom is -0.353 e. The Labute approximate surface area is 140 Å². The van der Waals surface area contributed by atoms with E-state index in [2.05, 4.69) is 15.2 Å². The Morgan fingerprint density at radius 1 is 1.26 bits per heavy atom. The summed E-state index contributed by atoms with van der Waals surface area (Å²) in [5.74, 6) is 0.546. The Bertz CT molecular complexity index is 689. The molecule has 1 aliphatic carbocycles. The lowest BCUT2D eigenvalue weighted by molar-refractivity contribution is -0.119. The molecule has 6 heteroatoms. The maximum Gasteiger partial charge on any atom is 0.230 e. The van der Waals surface area contributed by atoms with E-state index in [1.807, 2.05) is 35.0 Å². The van der Waals surface area contributed by atoms with Crippen molar-refractivity contribution in [1.29, 1.82) is 0 Å². The van der Waals surface area contributed by atoms with E-state index in [1.54, 1.807) is 0 Å². The van der Waals surface area contributed by atoms with Crippen LogP contribution in [0.3, 0.4) is 0 Å². The van der Waals surface area contributed by atoms with Gasteiger partial charge in [-0.15, -0.1) is 0 Å². The number of rotatable bonds is 5. The molecule has 3 heterocycles. The van der Waals surface area contributed by atoms with Crippen molar-refractivity contribution in [2.24, 2.45) is 0 Å². The zero-order chi connectivity index (χ0) is 15.6. The Hall–Kier alpha value is -1.53. The van der Waals surface area contributed by atoms with Crippen molar-refractivity contribution in [3.63, 3.8) is 0 Å². The predicted molar refractivity (Wildman–Crippen MR) is 91.7 cm³/mol. The average molecular weight is 330 g/mol. The van der Waals surface area contributed by atoms with Crippen molar-refractivity contribution < 1.29 is 4.79 Å². The molecule has 1 saturated carbocycles. The van der Waals surface area contributed by atoms with Gasteiger partial charge in [-0.1, -0.05) is 17.8 Å². The number of nitrogens with one attached hydrogen (secondary N) is 1. The summed E-state index contributed by atoms with van der Waals surface area (Å²) in [5.41, 5.74) is 1.06. The van der Waals surface area contributed by atoms with Gasteiger partial charge in [0.2, 0.25) is 5.91 Å². The Balaban J connectivity index is 1.25. The largest absolute Gasteiger partial charge is 0.353 e. The van der Waals surface area contributed by atoms with E-state index >= 15 is 0 Å². The number of nitrogens with zero attached hydrogens (tertiary/aromatic N) is 3. The fraction of sp³-hybridized carbons (Fsp3) is 0.529. The number of fused-ring (bicyclic) bond motifs is 1. The first-order valence-electron chi connectivity index (χ1n) is 8.38. The molecule has 0 spiro atoms. The second-order valence-corrected chi connectivity index (χ2v) is 7.38. The molecular weight excluding hydrogens is 308 g/mol. The van der Waals surface area contributed by atoms with Gasteiger partial charge in [0.05, 0.1) is 17.5 Å². The molecule has 1 amide bonds. The first-order chi connectivity index (χ1) is 11.3. The van der Waals surface area contributed by atoms with Crippen LogP contribution in [0.1, 0.15) is 25.7 Å². The predicted octanol–water partition coefficient (Wildman–Crippen LogP) is 2.17. The minimum absolute atomic E-state index is 0.118. The molecule has 1 aliphatic heterocycles. The van der Waals surface area contributed by atoms with Crippen molar-refractivity contribution in [2.45, 2.75) is 42.9 Å². The molecule has 1 N–H and O–H groups in total. The van der Waals surface area contributed by atoms with E-state index in [-0.39, 0.29) is 5.91 Å². The van der Waals surface area contributed by atoms with Gasteiger partial charge < -0.3 is 10.2 Å². The number of pyridine rings is 1. The van der Waals surface area contributed by atoms with Gasteiger partial charge in [0.15, 0.2) is 5.16 Å². The van der Waals surface area contributed by atoms with Crippen LogP contribution in [0.4, 0.5) is 0 Å². The van der Waals surface area contributed by atoms with Gasteiger partial charge in [-0.25, -0.2) is 4.98 Å². The fourth-order valence-corrected chi connectivity index (χ4v) is 4.05. The van der Waals surface area contributed by atoms with Crippen LogP contribution in [0.2, 0.25) is 0 Å². The number of imidazole rings is 1.